The van der Waals surface area contributed by atoms with Crippen LogP contribution >= 0.6 is 0 Å². The fraction of sp³-hybridized carbons (Fsp3) is 0.444. The van der Waals surface area contributed by atoms with E-state index in [0.29, 0.717) is 5.92 Å². The maximum atomic E-state index is 12.7. The highest BCUT2D eigenvalue weighted by atomic mass is 16.2. The molecule has 0 spiro atoms. The van der Waals surface area contributed by atoms with Gasteiger partial charge in [0.05, 0.1) is 6.20 Å². The molecule has 1 aromatic heterocycles. The van der Waals surface area contributed by atoms with E-state index in [1.54, 1.807) is 6.20 Å². The van der Waals surface area contributed by atoms with E-state index in [2.05, 4.69) is 39.9 Å². The molecule has 4 rings (SSSR count). The van der Waals surface area contributed by atoms with Crippen molar-refractivity contribution >= 4 is 5.91 Å². The molecular formula is C18H21N3O. The van der Waals surface area contributed by atoms with E-state index in [0.717, 1.165) is 56.8 Å². The minimum absolute atomic E-state index is 0.159. The van der Waals surface area contributed by atoms with Crippen molar-refractivity contribution in [2.24, 2.45) is 0 Å². The smallest absolute Gasteiger partial charge is 0.272 e. The number of likely N-dealkylation sites (tertiary alicyclic amines) is 1. The molecule has 2 aliphatic heterocycles. The van der Waals surface area contributed by atoms with Gasteiger partial charge in [-0.25, -0.2) is 4.98 Å². The summed E-state index contributed by atoms with van der Waals surface area (Å²) in [6.45, 7) is 2.63. The maximum Gasteiger partial charge on any atom is 0.272 e. The van der Waals surface area contributed by atoms with Gasteiger partial charge in [-0.3, -0.25) is 4.79 Å². The quantitative estimate of drug-likeness (QED) is 0.854. The molecule has 4 nitrogen and oxygen atoms in total. The number of fused-ring (bicyclic) bond motifs is 1. The minimum atomic E-state index is 0.159. The highest BCUT2D eigenvalue weighted by Gasteiger charge is 2.28. The zero-order valence-electron chi connectivity index (χ0n) is 12.7. The van der Waals surface area contributed by atoms with Gasteiger partial charge in [0.2, 0.25) is 0 Å². The van der Waals surface area contributed by atoms with Crippen LogP contribution in [-0.4, -0.2) is 33.4 Å². The number of aryl methyl sites for hydroxylation is 1. The highest BCUT2D eigenvalue weighted by molar-refractivity contribution is 5.92. The van der Waals surface area contributed by atoms with E-state index < -0.39 is 0 Å². The van der Waals surface area contributed by atoms with Gasteiger partial charge in [-0.15, -0.1) is 0 Å². The van der Waals surface area contributed by atoms with Crippen LogP contribution in [0.5, 0.6) is 0 Å². The Hall–Kier alpha value is -2.10. The van der Waals surface area contributed by atoms with Crippen molar-refractivity contribution in [3.05, 3.63) is 53.6 Å². The highest BCUT2D eigenvalue weighted by Crippen LogP contribution is 2.28. The number of carbonyl (C=O) groups excluding carboxylic acids is 1. The van der Waals surface area contributed by atoms with Crippen LogP contribution in [-0.2, 0) is 13.0 Å². The molecule has 2 aliphatic rings. The van der Waals surface area contributed by atoms with E-state index in [4.69, 9.17) is 0 Å². The normalized spacial score (nSPS) is 18.5. The summed E-state index contributed by atoms with van der Waals surface area (Å²) >= 11 is 0. The molecule has 0 N–H and O–H groups in total. The molecule has 1 amide bonds. The predicted molar refractivity (Wildman–Crippen MR) is 84.9 cm³/mol. The van der Waals surface area contributed by atoms with Crippen molar-refractivity contribution in [2.45, 2.75) is 38.1 Å². The number of carbonyl (C=O) groups is 1. The summed E-state index contributed by atoms with van der Waals surface area (Å²) in [5, 5.41) is 0. The molecule has 22 heavy (non-hydrogen) atoms. The summed E-state index contributed by atoms with van der Waals surface area (Å²) in [5.41, 5.74) is 2.19. The van der Waals surface area contributed by atoms with Gasteiger partial charge in [-0.1, -0.05) is 30.3 Å². The minimum Gasteiger partial charge on any atom is -0.337 e. The van der Waals surface area contributed by atoms with Crippen molar-refractivity contribution in [3.8, 4) is 0 Å². The number of nitrogens with zero attached hydrogens (tertiary/aromatic N) is 3. The standard InChI is InChI=1S/C18H21N3O/c22-18(16-13-19-17-7-4-10-21(16)17)20-11-8-15(9-12-20)14-5-2-1-3-6-14/h1-3,5-6,13,15H,4,7-12H2. The summed E-state index contributed by atoms with van der Waals surface area (Å²) < 4.78 is 2.10. The molecule has 114 valence electrons. The van der Waals surface area contributed by atoms with Crippen LogP contribution < -0.4 is 0 Å². The average Bonchev–Trinajstić information content (AvgIpc) is 3.18. The third-order valence-corrected chi connectivity index (χ3v) is 4.99. The number of aromatic nitrogens is 2. The summed E-state index contributed by atoms with van der Waals surface area (Å²) in [7, 11) is 0. The zero-order chi connectivity index (χ0) is 14.9. The van der Waals surface area contributed by atoms with Crippen molar-refractivity contribution in [1.29, 1.82) is 0 Å². The molecule has 0 atom stereocenters. The number of piperidine rings is 1. The Labute approximate surface area is 130 Å². The van der Waals surface area contributed by atoms with E-state index >= 15 is 0 Å². The van der Waals surface area contributed by atoms with Crippen LogP contribution in [0.25, 0.3) is 0 Å². The molecule has 1 saturated heterocycles. The first-order valence-corrected chi connectivity index (χ1v) is 8.21. The van der Waals surface area contributed by atoms with E-state index in [1.807, 2.05) is 4.90 Å². The SMILES string of the molecule is O=C(c1cnc2n1CCC2)N1CCC(c2ccccc2)CC1. The van der Waals surface area contributed by atoms with E-state index in [1.165, 1.54) is 5.56 Å². The monoisotopic (exact) mass is 295 g/mol. The first-order chi connectivity index (χ1) is 10.8. The average molecular weight is 295 g/mol. The predicted octanol–water partition coefficient (Wildman–Crippen LogP) is 2.85. The van der Waals surface area contributed by atoms with Gasteiger partial charge in [-0.05, 0) is 30.7 Å². The molecule has 0 saturated carbocycles. The molecule has 0 radical (unpaired) electrons. The van der Waals surface area contributed by atoms with Crippen LogP contribution in [0.3, 0.4) is 0 Å². The number of rotatable bonds is 2. The molecule has 1 aromatic carbocycles. The Balaban J connectivity index is 1.44. The molecule has 0 bridgehead atoms. The second-order valence-corrected chi connectivity index (χ2v) is 6.29. The molecule has 3 heterocycles. The van der Waals surface area contributed by atoms with Crippen LogP contribution in [0.2, 0.25) is 0 Å². The molecule has 4 heteroatoms. The van der Waals surface area contributed by atoms with E-state index in [-0.39, 0.29) is 5.91 Å². The Bertz CT molecular complexity index is 669. The number of benzene rings is 1. The molecule has 0 aliphatic carbocycles. The number of imidazole rings is 1. The summed E-state index contributed by atoms with van der Waals surface area (Å²) in [5.74, 6) is 1.82. The zero-order valence-corrected chi connectivity index (χ0v) is 12.7. The van der Waals surface area contributed by atoms with Gasteiger partial charge in [0.15, 0.2) is 0 Å². The fourth-order valence-corrected chi connectivity index (χ4v) is 3.73. The fourth-order valence-electron chi connectivity index (χ4n) is 3.73. The Morgan fingerprint density at radius 1 is 1.09 bits per heavy atom. The molecular weight excluding hydrogens is 274 g/mol. The number of amides is 1. The van der Waals surface area contributed by atoms with Crippen molar-refractivity contribution in [1.82, 2.24) is 14.5 Å². The Morgan fingerprint density at radius 2 is 1.86 bits per heavy atom. The van der Waals surface area contributed by atoms with Crippen molar-refractivity contribution in [2.75, 3.05) is 13.1 Å². The van der Waals surface area contributed by atoms with E-state index in [9.17, 15) is 4.79 Å². The van der Waals surface area contributed by atoms with Crippen LogP contribution in [0.15, 0.2) is 36.5 Å². The molecule has 2 aromatic rings. The third-order valence-electron chi connectivity index (χ3n) is 4.99. The lowest BCUT2D eigenvalue weighted by Gasteiger charge is -2.32. The Morgan fingerprint density at radius 3 is 2.64 bits per heavy atom. The van der Waals surface area contributed by atoms with Gasteiger partial charge in [0.1, 0.15) is 11.5 Å². The Kier molecular flexibility index (Phi) is 3.45. The summed E-state index contributed by atoms with van der Waals surface area (Å²) in [6.07, 6.45) is 5.98. The second-order valence-electron chi connectivity index (χ2n) is 6.29. The van der Waals surface area contributed by atoms with Gasteiger partial charge < -0.3 is 9.47 Å². The van der Waals surface area contributed by atoms with Crippen LogP contribution in [0, 0.1) is 0 Å². The largest absolute Gasteiger partial charge is 0.337 e. The van der Waals surface area contributed by atoms with Crippen LogP contribution in [0.4, 0.5) is 0 Å². The summed E-state index contributed by atoms with van der Waals surface area (Å²) in [6, 6.07) is 10.7. The third kappa shape index (κ3) is 2.32. The lowest BCUT2D eigenvalue weighted by molar-refractivity contribution is 0.0702. The first kappa shape index (κ1) is 13.6. The summed E-state index contributed by atoms with van der Waals surface area (Å²) in [4.78, 5) is 19.1. The van der Waals surface area contributed by atoms with Crippen molar-refractivity contribution in [3.63, 3.8) is 0 Å². The molecule has 1 fully saturated rings. The number of hydrogen-bond acceptors (Lipinski definition) is 2. The molecule has 0 unspecified atom stereocenters. The van der Waals surface area contributed by atoms with Gasteiger partial charge in [0.25, 0.3) is 5.91 Å². The lowest BCUT2D eigenvalue weighted by atomic mass is 9.89. The van der Waals surface area contributed by atoms with Gasteiger partial charge in [-0.2, -0.15) is 0 Å². The van der Waals surface area contributed by atoms with Crippen molar-refractivity contribution < 1.29 is 4.79 Å². The van der Waals surface area contributed by atoms with Gasteiger partial charge >= 0.3 is 0 Å². The first-order valence-electron chi connectivity index (χ1n) is 8.21. The lowest BCUT2D eigenvalue weighted by Crippen LogP contribution is -2.38. The number of hydrogen-bond donors (Lipinski definition) is 0. The topological polar surface area (TPSA) is 38.1 Å². The second kappa shape index (κ2) is 5.59. The maximum absolute atomic E-state index is 12.7. The van der Waals surface area contributed by atoms with Gasteiger partial charge in [0, 0.05) is 26.1 Å². The van der Waals surface area contributed by atoms with Crippen LogP contribution in [0.1, 0.15) is 47.1 Å².